The van der Waals surface area contributed by atoms with E-state index >= 15 is 0 Å². The molecular formula is C23H18ClN3O4. The van der Waals surface area contributed by atoms with Crippen LogP contribution in [0.5, 0.6) is 0 Å². The summed E-state index contributed by atoms with van der Waals surface area (Å²) in [6.07, 6.45) is 0. The highest BCUT2D eigenvalue weighted by Crippen LogP contribution is 2.32. The average Bonchev–Trinajstić information content (AvgIpc) is 3.18. The van der Waals surface area contributed by atoms with Gasteiger partial charge in [-0.15, -0.1) is 0 Å². The number of fused-ring (bicyclic) bond motifs is 1. The van der Waals surface area contributed by atoms with Gasteiger partial charge in [0.15, 0.2) is 5.58 Å². The number of carbonyl (C=O) groups excluding carboxylic acids is 1. The number of nitrogens with zero attached hydrogens (tertiary/aromatic N) is 2. The third-order valence-corrected chi connectivity index (χ3v) is 5.21. The van der Waals surface area contributed by atoms with Crippen molar-refractivity contribution < 1.29 is 14.1 Å². The normalized spacial score (nSPS) is 11.1. The smallest absolute Gasteiger partial charge is 0.282 e. The Labute approximate surface area is 182 Å². The van der Waals surface area contributed by atoms with Crippen LogP contribution in [0.15, 0.2) is 65.1 Å². The second-order valence-electron chi connectivity index (χ2n) is 7.32. The van der Waals surface area contributed by atoms with Gasteiger partial charge in [-0.3, -0.25) is 14.9 Å². The zero-order valence-corrected chi connectivity index (χ0v) is 17.5. The summed E-state index contributed by atoms with van der Waals surface area (Å²) in [5.41, 5.74) is 3.11. The van der Waals surface area contributed by atoms with E-state index in [0.717, 1.165) is 11.1 Å². The van der Waals surface area contributed by atoms with Crippen molar-refractivity contribution in [2.24, 2.45) is 0 Å². The number of carbonyl (C=O) groups is 1. The minimum absolute atomic E-state index is 0.0583. The molecule has 0 unspecified atom stereocenters. The quantitative estimate of drug-likeness (QED) is 0.287. The average molecular weight is 436 g/mol. The lowest BCUT2D eigenvalue weighted by molar-refractivity contribution is -0.385. The molecule has 0 saturated heterocycles. The molecule has 7 nitrogen and oxygen atoms in total. The molecule has 0 aliphatic heterocycles. The zero-order chi connectivity index (χ0) is 22.1. The molecule has 0 aliphatic rings. The molecule has 4 aromatic rings. The number of amides is 1. The highest BCUT2D eigenvalue weighted by Gasteiger charge is 2.20. The fourth-order valence-electron chi connectivity index (χ4n) is 3.20. The lowest BCUT2D eigenvalue weighted by Crippen LogP contribution is -2.14. The monoisotopic (exact) mass is 435 g/mol. The number of nitro benzene ring substituents is 1. The first kappa shape index (κ1) is 20.6. The maximum atomic E-state index is 12.7. The summed E-state index contributed by atoms with van der Waals surface area (Å²) in [4.78, 5) is 27.8. The molecule has 1 aromatic heterocycles. The molecule has 0 saturated carbocycles. The number of anilines is 1. The molecule has 1 amide bonds. The predicted molar refractivity (Wildman–Crippen MR) is 120 cm³/mol. The molecule has 4 rings (SSSR count). The van der Waals surface area contributed by atoms with Crippen molar-refractivity contribution in [3.63, 3.8) is 0 Å². The first-order valence-electron chi connectivity index (χ1n) is 9.58. The largest absolute Gasteiger partial charge is 0.436 e. The van der Waals surface area contributed by atoms with Crippen molar-refractivity contribution in [3.8, 4) is 11.5 Å². The number of oxazole rings is 1. The number of aromatic nitrogens is 1. The van der Waals surface area contributed by atoms with Gasteiger partial charge >= 0.3 is 0 Å². The van der Waals surface area contributed by atoms with Gasteiger partial charge in [0, 0.05) is 11.6 Å². The topological polar surface area (TPSA) is 98.3 Å². The van der Waals surface area contributed by atoms with E-state index in [-0.39, 0.29) is 16.3 Å². The molecule has 1 heterocycles. The Kier molecular flexibility index (Phi) is 5.44. The van der Waals surface area contributed by atoms with Gasteiger partial charge in [0.25, 0.3) is 11.6 Å². The molecule has 0 aliphatic carbocycles. The van der Waals surface area contributed by atoms with E-state index in [9.17, 15) is 14.9 Å². The fourth-order valence-corrected chi connectivity index (χ4v) is 3.36. The maximum Gasteiger partial charge on any atom is 0.282 e. The number of para-hydroxylation sites is 1. The third-order valence-electron chi connectivity index (χ3n) is 4.89. The minimum atomic E-state index is -0.634. The van der Waals surface area contributed by atoms with E-state index in [1.165, 1.54) is 18.2 Å². The molecule has 31 heavy (non-hydrogen) atoms. The Bertz CT molecular complexity index is 1310. The Morgan fingerprint density at radius 3 is 2.65 bits per heavy atom. The molecule has 8 heteroatoms. The second-order valence-corrected chi connectivity index (χ2v) is 7.73. The Morgan fingerprint density at radius 2 is 1.90 bits per heavy atom. The molecule has 0 bridgehead atoms. The van der Waals surface area contributed by atoms with Crippen LogP contribution in [0.25, 0.3) is 22.6 Å². The number of rotatable bonds is 5. The van der Waals surface area contributed by atoms with Crippen molar-refractivity contribution in [3.05, 3.63) is 86.9 Å². The summed E-state index contributed by atoms with van der Waals surface area (Å²) in [7, 11) is 0. The summed E-state index contributed by atoms with van der Waals surface area (Å²) in [5, 5.41) is 14.1. The van der Waals surface area contributed by atoms with Crippen molar-refractivity contribution >= 4 is 40.0 Å². The number of nitrogens with one attached hydrogen (secondary N) is 1. The standard InChI is InChI=1S/C23H18ClN3O4/c1-13(2)14-8-10-21-19(11-14)26-23(31-21)15-7-9-17(24)18(12-15)25-22(28)16-5-3-4-6-20(16)27(29)30/h3-13H,1-2H3,(H,25,28). The van der Waals surface area contributed by atoms with Crippen LogP contribution in [0, 0.1) is 10.1 Å². The lowest BCUT2D eigenvalue weighted by Gasteiger charge is -2.09. The van der Waals surface area contributed by atoms with Gasteiger partial charge in [0.1, 0.15) is 11.1 Å². The van der Waals surface area contributed by atoms with Crippen molar-refractivity contribution in [2.75, 3.05) is 5.32 Å². The molecule has 0 radical (unpaired) electrons. The van der Waals surface area contributed by atoms with Gasteiger partial charge in [0.05, 0.1) is 15.6 Å². The number of nitro groups is 1. The van der Waals surface area contributed by atoms with Gasteiger partial charge in [0.2, 0.25) is 5.89 Å². The Hall–Kier alpha value is -3.71. The molecule has 3 aromatic carbocycles. The van der Waals surface area contributed by atoms with Crippen molar-refractivity contribution in [1.29, 1.82) is 0 Å². The zero-order valence-electron chi connectivity index (χ0n) is 16.8. The summed E-state index contributed by atoms with van der Waals surface area (Å²) in [6, 6.07) is 16.6. The molecule has 0 fully saturated rings. The Balaban J connectivity index is 1.67. The first-order valence-corrected chi connectivity index (χ1v) is 9.96. The predicted octanol–water partition coefficient (Wildman–Crippen LogP) is 6.43. The van der Waals surface area contributed by atoms with Crippen LogP contribution < -0.4 is 5.32 Å². The van der Waals surface area contributed by atoms with Crippen LogP contribution in [0.2, 0.25) is 5.02 Å². The van der Waals surface area contributed by atoms with E-state index < -0.39 is 10.8 Å². The van der Waals surface area contributed by atoms with Gasteiger partial charge < -0.3 is 9.73 Å². The molecular weight excluding hydrogens is 418 g/mol. The summed E-state index contributed by atoms with van der Waals surface area (Å²) in [5.74, 6) is 0.114. The first-order chi connectivity index (χ1) is 14.8. The van der Waals surface area contributed by atoms with Crippen LogP contribution >= 0.6 is 11.6 Å². The lowest BCUT2D eigenvalue weighted by atomic mass is 10.0. The minimum Gasteiger partial charge on any atom is -0.436 e. The van der Waals surface area contributed by atoms with Crippen LogP contribution in [0.4, 0.5) is 11.4 Å². The highest BCUT2D eigenvalue weighted by molar-refractivity contribution is 6.34. The molecule has 0 spiro atoms. The number of hydrogen-bond acceptors (Lipinski definition) is 5. The number of halogens is 1. The summed E-state index contributed by atoms with van der Waals surface area (Å²) >= 11 is 6.25. The Morgan fingerprint density at radius 1 is 1.13 bits per heavy atom. The van der Waals surface area contributed by atoms with Gasteiger partial charge in [-0.1, -0.05) is 43.6 Å². The third kappa shape index (κ3) is 4.13. The van der Waals surface area contributed by atoms with Gasteiger partial charge in [-0.2, -0.15) is 0 Å². The van der Waals surface area contributed by atoms with E-state index in [1.54, 1.807) is 24.3 Å². The van der Waals surface area contributed by atoms with E-state index in [2.05, 4.69) is 24.1 Å². The fraction of sp³-hybridized carbons (Fsp3) is 0.130. The van der Waals surface area contributed by atoms with Crippen molar-refractivity contribution in [2.45, 2.75) is 19.8 Å². The molecule has 0 atom stereocenters. The van der Waals surface area contributed by atoms with Crippen molar-refractivity contribution in [1.82, 2.24) is 4.98 Å². The van der Waals surface area contributed by atoms with Crippen LogP contribution in [-0.2, 0) is 0 Å². The van der Waals surface area contributed by atoms with E-state index in [4.69, 9.17) is 16.0 Å². The van der Waals surface area contributed by atoms with Crippen LogP contribution in [-0.4, -0.2) is 15.8 Å². The summed E-state index contributed by atoms with van der Waals surface area (Å²) in [6.45, 7) is 4.21. The SMILES string of the molecule is CC(C)c1ccc2oc(-c3ccc(Cl)c(NC(=O)c4ccccc4[N+](=O)[O-])c3)nc2c1. The number of benzene rings is 3. The molecule has 156 valence electrons. The van der Waals surface area contributed by atoms with E-state index in [1.807, 2.05) is 18.2 Å². The van der Waals surface area contributed by atoms with Crippen LogP contribution in [0.1, 0.15) is 35.7 Å². The second kappa shape index (κ2) is 8.20. The maximum absolute atomic E-state index is 12.7. The number of hydrogen-bond donors (Lipinski definition) is 1. The van der Waals surface area contributed by atoms with Crippen LogP contribution in [0.3, 0.4) is 0 Å². The van der Waals surface area contributed by atoms with Gasteiger partial charge in [-0.25, -0.2) is 4.98 Å². The van der Waals surface area contributed by atoms with Gasteiger partial charge in [-0.05, 0) is 47.9 Å². The van der Waals surface area contributed by atoms with E-state index in [0.29, 0.717) is 28.6 Å². The highest BCUT2D eigenvalue weighted by atomic mass is 35.5. The molecule has 1 N–H and O–H groups in total. The summed E-state index contributed by atoms with van der Waals surface area (Å²) < 4.78 is 5.87.